The van der Waals surface area contributed by atoms with Gasteiger partial charge in [0.2, 0.25) is 11.9 Å². The van der Waals surface area contributed by atoms with Crippen molar-refractivity contribution in [1.82, 2.24) is 24.6 Å². The van der Waals surface area contributed by atoms with E-state index in [0.717, 1.165) is 35.7 Å². The van der Waals surface area contributed by atoms with Crippen molar-refractivity contribution in [3.63, 3.8) is 0 Å². The molecule has 2 aromatic heterocycles. The summed E-state index contributed by atoms with van der Waals surface area (Å²) < 4.78 is 1.88. The third-order valence-electron chi connectivity index (χ3n) is 5.97. The summed E-state index contributed by atoms with van der Waals surface area (Å²) in [7, 11) is 1.94. The molecule has 1 N–H and O–H groups in total. The Balaban J connectivity index is 1.41. The molecule has 3 heterocycles. The van der Waals surface area contributed by atoms with E-state index in [9.17, 15) is 4.79 Å². The number of aromatic nitrogens is 4. The lowest BCUT2D eigenvalue weighted by atomic mass is 10.1. The number of hydrogen-bond donors (Lipinski definition) is 1. The van der Waals surface area contributed by atoms with Crippen LogP contribution in [-0.4, -0.2) is 49.7 Å². The Hall–Kier alpha value is -2.44. The van der Waals surface area contributed by atoms with Crippen LogP contribution in [0.25, 0.3) is 11.3 Å². The zero-order valence-corrected chi connectivity index (χ0v) is 16.4. The molecule has 0 unspecified atom stereocenters. The van der Waals surface area contributed by atoms with Crippen LogP contribution in [0.15, 0.2) is 12.3 Å². The molecule has 0 aromatic carbocycles. The minimum atomic E-state index is 0.310. The fraction of sp³-hybridized carbons (Fsp3) is 0.600. The first kappa shape index (κ1) is 17.9. The zero-order valence-electron chi connectivity index (χ0n) is 16.4. The summed E-state index contributed by atoms with van der Waals surface area (Å²) in [6, 6.07) is 2.39. The Morgan fingerprint density at radius 1 is 1.26 bits per heavy atom. The second-order valence-electron chi connectivity index (χ2n) is 7.87. The van der Waals surface area contributed by atoms with Crippen molar-refractivity contribution < 1.29 is 4.79 Å². The summed E-state index contributed by atoms with van der Waals surface area (Å²) in [5.74, 6) is 1.25. The molecule has 2 aliphatic rings. The van der Waals surface area contributed by atoms with Crippen LogP contribution < -0.4 is 5.32 Å². The van der Waals surface area contributed by atoms with Gasteiger partial charge in [-0.05, 0) is 32.8 Å². The fourth-order valence-electron chi connectivity index (χ4n) is 4.48. The maximum atomic E-state index is 12.4. The van der Waals surface area contributed by atoms with Crippen molar-refractivity contribution in [2.75, 3.05) is 18.4 Å². The van der Waals surface area contributed by atoms with Gasteiger partial charge in [0.25, 0.3) is 0 Å². The highest BCUT2D eigenvalue weighted by molar-refractivity contribution is 5.79. The van der Waals surface area contributed by atoms with Crippen molar-refractivity contribution in [3.05, 3.63) is 23.7 Å². The number of rotatable bonds is 5. The van der Waals surface area contributed by atoms with Gasteiger partial charge in [-0.15, -0.1) is 0 Å². The molecule has 1 atom stereocenters. The number of hydrogen-bond acceptors (Lipinski definition) is 5. The number of nitrogens with zero attached hydrogens (tertiary/aromatic N) is 5. The molecule has 144 valence electrons. The molecule has 7 nitrogen and oxygen atoms in total. The van der Waals surface area contributed by atoms with Crippen LogP contribution in [0.2, 0.25) is 0 Å². The van der Waals surface area contributed by atoms with Crippen LogP contribution in [0, 0.1) is 19.8 Å². The van der Waals surface area contributed by atoms with Gasteiger partial charge in [0.05, 0.1) is 11.4 Å². The molecule has 27 heavy (non-hydrogen) atoms. The highest BCUT2D eigenvalue weighted by Gasteiger charge is 2.35. The molecule has 1 aliphatic heterocycles. The molecule has 2 aromatic rings. The first-order chi connectivity index (χ1) is 13.0. The van der Waals surface area contributed by atoms with Gasteiger partial charge in [0.1, 0.15) is 0 Å². The van der Waals surface area contributed by atoms with E-state index in [1.807, 2.05) is 31.6 Å². The van der Waals surface area contributed by atoms with Gasteiger partial charge in [-0.25, -0.2) is 9.97 Å². The number of nitrogens with one attached hydrogen (secondary N) is 1. The molecule has 1 aliphatic carbocycles. The largest absolute Gasteiger partial charge is 0.354 e. The number of amides is 1. The van der Waals surface area contributed by atoms with Crippen molar-refractivity contribution in [3.8, 4) is 11.3 Å². The molecule has 0 spiro atoms. The fourth-order valence-corrected chi connectivity index (χ4v) is 4.48. The summed E-state index contributed by atoms with van der Waals surface area (Å²) in [4.78, 5) is 23.5. The monoisotopic (exact) mass is 368 g/mol. The van der Waals surface area contributed by atoms with Gasteiger partial charge in [0.15, 0.2) is 0 Å². The van der Waals surface area contributed by atoms with E-state index >= 15 is 0 Å². The van der Waals surface area contributed by atoms with Crippen molar-refractivity contribution in [2.45, 2.75) is 52.0 Å². The predicted molar refractivity (Wildman–Crippen MR) is 104 cm³/mol. The molecular formula is C20H28N6O. The summed E-state index contributed by atoms with van der Waals surface area (Å²) >= 11 is 0. The lowest BCUT2D eigenvalue weighted by Crippen LogP contribution is -2.34. The van der Waals surface area contributed by atoms with Crippen LogP contribution in [0.4, 0.5) is 5.95 Å². The minimum absolute atomic E-state index is 0.310. The maximum Gasteiger partial charge on any atom is 0.223 e. The lowest BCUT2D eigenvalue weighted by molar-refractivity contribution is -0.129. The molecule has 4 rings (SSSR count). The summed E-state index contributed by atoms with van der Waals surface area (Å²) in [6.07, 6.45) is 7.25. The molecule has 0 radical (unpaired) electrons. The van der Waals surface area contributed by atoms with Crippen molar-refractivity contribution >= 4 is 11.9 Å². The van der Waals surface area contributed by atoms with E-state index in [4.69, 9.17) is 0 Å². The topological polar surface area (TPSA) is 75.9 Å². The first-order valence-corrected chi connectivity index (χ1v) is 9.90. The van der Waals surface area contributed by atoms with Crippen molar-refractivity contribution in [1.29, 1.82) is 0 Å². The molecular weight excluding hydrogens is 340 g/mol. The van der Waals surface area contributed by atoms with Crippen LogP contribution in [0.3, 0.4) is 0 Å². The van der Waals surface area contributed by atoms with Crippen LogP contribution >= 0.6 is 0 Å². The van der Waals surface area contributed by atoms with Gasteiger partial charge < -0.3 is 10.2 Å². The highest BCUT2D eigenvalue weighted by atomic mass is 16.2. The molecule has 0 bridgehead atoms. The third kappa shape index (κ3) is 3.55. The van der Waals surface area contributed by atoms with Crippen LogP contribution in [-0.2, 0) is 11.8 Å². The van der Waals surface area contributed by atoms with E-state index in [0.29, 0.717) is 30.2 Å². The SMILES string of the molecule is Cc1nn(C)c(C)c1-c1ccnc(NC[C@H]2CC(=O)N(C3CCCC3)C2)n1. The normalized spacial score (nSPS) is 20.6. The van der Waals surface area contributed by atoms with Crippen LogP contribution in [0.5, 0.6) is 0 Å². The average Bonchev–Trinajstić information content (AvgIpc) is 3.34. The number of carbonyl (C=O) groups excluding carboxylic acids is 1. The number of anilines is 1. The summed E-state index contributed by atoms with van der Waals surface area (Å²) in [5.41, 5.74) is 4.00. The van der Waals surface area contributed by atoms with E-state index in [1.165, 1.54) is 25.7 Å². The molecule has 1 saturated carbocycles. The van der Waals surface area contributed by atoms with Gasteiger partial charge >= 0.3 is 0 Å². The molecule has 2 fully saturated rings. The Morgan fingerprint density at radius 2 is 2.04 bits per heavy atom. The van der Waals surface area contributed by atoms with E-state index < -0.39 is 0 Å². The van der Waals surface area contributed by atoms with Gasteiger partial charge in [0, 0.05) is 56.0 Å². The quantitative estimate of drug-likeness (QED) is 0.878. The van der Waals surface area contributed by atoms with Gasteiger partial charge in [-0.3, -0.25) is 9.48 Å². The van der Waals surface area contributed by atoms with E-state index in [2.05, 4.69) is 25.3 Å². The number of carbonyl (C=O) groups is 1. The van der Waals surface area contributed by atoms with Gasteiger partial charge in [-0.2, -0.15) is 5.10 Å². The Morgan fingerprint density at radius 3 is 2.74 bits per heavy atom. The Kier molecular flexibility index (Phi) is 4.85. The first-order valence-electron chi connectivity index (χ1n) is 9.90. The lowest BCUT2D eigenvalue weighted by Gasteiger charge is -2.24. The zero-order chi connectivity index (χ0) is 19.0. The van der Waals surface area contributed by atoms with Gasteiger partial charge in [-0.1, -0.05) is 12.8 Å². The number of aryl methyl sites for hydroxylation is 2. The Labute approximate surface area is 160 Å². The molecule has 1 saturated heterocycles. The highest BCUT2D eigenvalue weighted by Crippen LogP contribution is 2.30. The average molecular weight is 368 g/mol. The number of likely N-dealkylation sites (tertiary alicyclic amines) is 1. The minimum Gasteiger partial charge on any atom is -0.354 e. The second kappa shape index (κ2) is 7.29. The molecule has 7 heteroatoms. The van der Waals surface area contributed by atoms with E-state index in [1.54, 1.807) is 6.20 Å². The summed E-state index contributed by atoms with van der Waals surface area (Å²) in [6.45, 7) is 5.63. The third-order valence-corrected chi connectivity index (χ3v) is 5.97. The predicted octanol–water partition coefficient (Wildman–Crippen LogP) is 2.70. The summed E-state index contributed by atoms with van der Waals surface area (Å²) in [5, 5.41) is 7.82. The smallest absolute Gasteiger partial charge is 0.223 e. The second-order valence-corrected chi connectivity index (χ2v) is 7.87. The van der Waals surface area contributed by atoms with Crippen molar-refractivity contribution in [2.24, 2.45) is 13.0 Å². The maximum absolute atomic E-state index is 12.4. The standard InChI is InChI=1S/C20H28N6O/c1-13-19(14(2)25(3)24-13)17-8-9-21-20(23-17)22-11-15-10-18(27)26(12-15)16-6-4-5-7-16/h8-9,15-16H,4-7,10-12H2,1-3H3,(H,21,22,23)/t15-/m1/s1. The van der Waals surface area contributed by atoms with Crippen LogP contribution in [0.1, 0.15) is 43.5 Å². The Bertz CT molecular complexity index is 839. The molecule has 1 amide bonds. The van der Waals surface area contributed by atoms with E-state index in [-0.39, 0.29) is 0 Å².